The van der Waals surface area contributed by atoms with Gasteiger partial charge in [0.05, 0.1) is 5.69 Å². The van der Waals surface area contributed by atoms with Crippen molar-refractivity contribution < 1.29 is 32.7 Å². The lowest BCUT2D eigenvalue weighted by atomic mass is 10.1. The maximum Gasteiger partial charge on any atom is 0.490 e. The van der Waals surface area contributed by atoms with Crippen LogP contribution in [-0.4, -0.2) is 50.2 Å². The van der Waals surface area contributed by atoms with Gasteiger partial charge in [-0.2, -0.15) is 13.2 Å². The van der Waals surface area contributed by atoms with Crippen molar-refractivity contribution in [3.63, 3.8) is 0 Å². The minimum atomic E-state index is -5.08. The van der Waals surface area contributed by atoms with E-state index in [2.05, 4.69) is 30.9 Å². The number of carboxylic acids is 1. The number of aryl methyl sites for hydroxylation is 1. The van der Waals surface area contributed by atoms with E-state index in [1.54, 1.807) is 24.3 Å². The van der Waals surface area contributed by atoms with Gasteiger partial charge in [0.2, 0.25) is 0 Å². The van der Waals surface area contributed by atoms with E-state index in [-0.39, 0.29) is 11.9 Å². The fourth-order valence-corrected chi connectivity index (χ4v) is 3.39. The number of hydrogen-bond acceptors (Lipinski definition) is 5. The molecule has 13 heteroatoms. The first-order valence-electron chi connectivity index (χ1n) is 11.5. The van der Waals surface area contributed by atoms with E-state index >= 15 is 0 Å². The summed E-state index contributed by atoms with van der Waals surface area (Å²) >= 11 is 0. The maximum absolute atomic E-state index is 12.4. The fourth-order valence-electron chi connectivity index (χ4n) is 3.39. The fraction of sp³-hybridized carbons (Fsp3) is 0.192. The number of fused-ring (bicyclic) bond motifs is 1. The van der Waals surface area contributed by atoms with E-state index in [0.717, 1.165) is 28.0 Å². The Balaban J connectivity index is 0.000000532. The number of benzene rings is 2. The number of alkyl halides is 3. The number of aliphatic carboxylic acids is 1. The lowest BCUT2D eigenvalue weighted by Crippen LogP contribution is -2.30. The van der Waals surface area contributed by atoms with E-state index in [4.69, 9.17) is 9.90 Å². The van der Waals surface area contributed by atoms with E-state index in [1.165, 1.54) is 6.33 Å². The molecule has 0 aliphatic carbocycles. The van der Waals surface area contributed by atoms with Gasteiger partial charge in [-0.15, -0.1) is 0 Å². The van der Waals surface area contributed by atoms with Crippen molar-refractivity contribution in [2.24, 2.45) is 0 Å². The second-order valence-electron chi connectivity index (χ2n) is 8.61. The average molecular weight is 543 g/mol. The predicted octanol–water partition coefficient (Wildman–Crippen LogP) is 5.35. The van der Waals surface area contributed by atoms with E-state index in [1.807, 2.05) is 51.1 Å². The first-order valence-corrected chi connectivity index (χ1v) is 11.5. The Labute approximate surface area is 220 Å². The minimum absolute atomic E-state index is 0.0325. The average Bonchev–Trinajstić information content (AvgIpc) is 3.24. The van der Waals surface area contributed by atoms with Gasteiger partial charge in [0.15, 0.2) is 0 Å². The molecule has 0 unspecified atom stereocenters. The molecule has 0 bridgehead atoms. The Hall–Kier alpha value is -4.94. The lowest BCUT2D eigenvalue weighted by molar-refractivity contribution is -0.192. The molecule has 10 nitrogen and oxygen atoms in total. The summed E-state index contributed by atoms with van der Waals surface area (Å²) < 4.78 is 31.7. The summed E-state index contributed by atoms with van der Waals surface area (Å²) in [4.78, 5) is 45.4. The molecule has 4 rings (SSSR count). The number of carbonyl (C=O) groups is 3. The van der Waals surface area contributed by atoms with Crippen LogP contribution in [0.4, 0.5) is 29.3 Å². The normalized spacial score (nSPS) is 10.9. The van der Waals surface area contributed by atoms with Crippen LogP contribution in [0.25, 0.3) is 22.3 Å². The van der Waals surface area contributed by atoms with Crippen molar-refractivity contribution in [3.05, 3.63) is 72.2 Å². The summed E-state index contributed by atoms with van der Waals surface area (Å²) in [6.07, 6.45) is -3.55. The zero-order valence-electron chi connectivity index (χ0n) is 21.1. The van der Waals surface area contributed by atoms with Gasteiger partial charge >= 0.3 is 18.2 Å². The Morgan fingerprint density at radius 1 is 0.949 bits per heavy atom. The molecule has 4 aromatic rings. The summed E-state index contributed by atoms with van der Waals surface area (Å²) in [5.41, 5.74) is 5.20. The third-order valence-electron chi connectivity index (χ3n) is 5.02. The third-order valence-corrected chi connectivity index (χ3v) is 5.02. The first kappa shape index (κ1) is 28.6. The van der Waals surface area contributed by atoms with Crippen LogP contribution < -0.4 is 16.0 Å². The zero-order valence-corrected chi connectivity index (χ0v) is 21.1. The van der Waals surface area contributed by atoms with Crippen molar-refractivity contribution in [1.82, 2.24) is 20.3 Å². The molecule has 3 amide bonds. The number of carboxylic acid groups (broad SMARTS) is 1. The molecule has 0 aliphatic heterocycles. The number of amides is 3. The van der Waals surface area contributed by atoms with E-state index < -0.39 is 18.2 Å². The number of nitrogens with zero attached hydrogens (tertiary/aromatic N) is 2. The number of urea groups is 1. The molecular formula is C26H25F3N6O4. The van der Waals surface area contributed by atoms with Crippen molar-refractivity contribution in [1.29, 1.82) is 0 Å². The highest BCUT2D eigenvalue weighted by Crippen LogP contribution is 2.27. The zero-order chi connectivity index (χ0) is 28.7. The van der Waals surface area contributed by atoms with Gasteiger partial charge in [-0.3, -0.25) is 4.79 Å². The number of rotatable bonds is 5. The quantitative estimate of drug-likeness (QED) is 0.230. The first-order chi connectivity index (χ1) is 18.3. The molecule has 39 heavy (non-hydrogen) atoms. The molecule has 5 N–H and O–H groups in total. The SMILES string of the molecule is Cc1cc2c(-c3ccc(NC(=O)Nc4cccc(C(=O)NC(C)C)c4)cc3)ncnc2[nH]1.O=C(O)C(F)(F)F. The number of halogens is 3. The monoisotopic (exact) mass is 542 g/mol. The second kappa shape index (κ2) is 12.1. The third kappa shape index (κ3) is 8.02. The lowest BCUT2D eigenvalue weighted by Gasteiger charge is -2.11. The van der Waals surface area contributed by atoms with Crippen LogP contribution in [0.2, 0.25) is 0 Å². The standard InChI is InChI=1S/C24H24N6O2.C2HF3O2/c1-14(2)27-23(31)17-5-4-6-19(12-17)30-24(32)29-18-9-7-16(8-10-18)21-20-11-15(3)28-22(20)26-13-25-21;3-2(4,5)1(6)7/h4-14H,1-3H3,(H,27,31)(H,25,26,28)(H2,29,30,32);(H,6,7). The molecule has 0 fully saturated rings. The van der Waals surface area contributed by atoms with Crippen molar-refractivity contribution in [2.45, 2.75) is 33.0 Å². The van der Waals surface area contributed by atoms with Gasteiger partial charge in [-0.25, -0.2) is 19.6 Å². The summed E-state index contributed by atoms with van der Waals surface area (Å²) in [5, 5.41) is 16.5. The molecule has 0 aliphatic rings. The highest BCUT2D eigenvalue weighted by atomic mass is 19.4. The number of aromatic nitrogens is 3. The summed E-state index contributed by atoms with van der Waals surface area (Å²) in [6.45, 7) is 5.76. The Morgan fingerprint density at radius 2 is 1.59 bits per heavy atom. The van der Waals surface area contributed by atoms with E-state index in [0.29, 0.717) is 16.9 Å². The molecule has 2 heterocycles. The molecule has 0 spiro atoms. The molecule has 0 radical (unpaired) electrons. The van der Waals surface area contributed by atoms with Gasteiger partial charge in [0, 0.05) is 39.6 Å². The van der Waals surface area contributed by atoms with Crippen LogP contribution in [0.3, 0.4) is 0 Å². The van der Waals surface area contributed by atoms with Gasteiger partial charge in [0.1, 0.15) is 12.0 Å². The number of nitrogens with one attached hydrogen (secondary N) is 4. The van der Waals surface area contributed by atoms with Crippen LogP contribution in [-0.2, 0) is 4.79 Å². The van der Waals surface area contributed by atoms with Gasteiger partial charge in [0.25, 0.3) is 5.91 Å². The van der Waals surface area contributed by atoms with Crippen LogP contribution in [0.15, 0.2) is 60.9 Å². The smallest absolute Gasteiger partial charge is 0.475 e. The summed E-state index contributed by atoms with van der Waals surface area (Å²) in [7, 11) is 0. The van der Waals surface area contributed by atoms with Crippen molar-refractivity contribution >= 4 is 40.3 Å². The van der Waals surface area contributed by atoms with Gasteiger partial charge in [-0.1, -0.05) is 18.2 Å². The molecule has 2 aromatic heterocycles. The Bertz CT molecular complexity index is 1480. The number of anilines is 2. The summed E-state index contributed by atoms with van der Waals surface area (Å²) in [5.74, 6) is -2.94. The number of H-pyrrole nitrogens is 1. The molecule has 0 saturated carbocycles. The second-order valence-corrected chi connectivity index (χ2v) is 8.61. The Kier molecular flexibility index (Phi) is 8.86. The number of carbonyl (C=O) groups excluding carboxylic acids is 2. The van der Waals surface area contributed by atoms with Crippen molar-refractivity contribution in [3.8, 4) is 11.3 Å². The van der Waals surface area contributed by atoms with Crippen LogP contribution in [0.1, 0.15) is 29.9 Å². The number of aromatic amines is 1. The van der Waals surface area contributed by atoms with E-state index in [9.17, 15) is 22.8 Å². The Morgan fingerprint density at radius 3 is 2.21 bits per heavy atom. The van der Waals surface area contributed by atoms with Crippen LogP contribution in [0, 0.1) is 6.92 Å². The topological polar surface area (TPSA) is 149 Å². The van der Waals surface area contributed by atoms with Crippen LogP contribution >= 0.6 is 0 Å². The minimum Gasteiger partial charge on any atom is -0.475 e. The predicted molar refractivity (Wildman–Crippen MR) is 139 cm³/mol. The maximum atomic E-state index is 12.4. The van der Waals surface area contributed by atoms with Crippen molar-refractivity contribution in [2.75, 3.05) is 10.6 Å². The molecular weight excluding hydrogens is 517 g/mol. The largest absolute Gasteiger partial charge is 0.490 e. The highest BCUT2D eigenvalue weighted by Gasteiger charge is 2.38. The molecule has 2 aromatic carbocycles. The van der Waals surface area contributed by atoms with Crippen LogP contribution in [0.5, 0.6) is 0 Å². The molecule has 0 atom stereocenters. The van der Waals surface area contributed by atoms with Gasteiger partial charge in [-0.05, 0) is 57.2 Å². The highest BCUT2D eigenvalue weighted by molar-refractivity contribution is 6.01. The van der Waals surface area contributed by atoms with Gasteiger partial charge < -0.3 is 26.0 Å². The number of hydrogen-bond donors (Lipinski definition) is 5. The molecule has 0 saturated heterocycles. The summed E-state index contributed by atoms with van der Waals surface area (Å²) in [6, 6.07) is 15.9. The molecule has 204 valence electrons.